The highest BCUT2D eigenvalue weighted by Crippen LogP contribution is 2.46. The fourth-order valence-electron chi connectivity index (χ4n) is 3.04. The second-order valence-electron chi connectivity index (χ2n) is 5.14. The fourth-order valence-corrected chi connectivity index (χ4v) is 3.04. The quantitative estimate of drug-likeness (QED) is 0.932. The number of aliphatic carboxylic acids is 1. The summed E-state index contributed by atoms with van der Waals surface area (Å²) >= 11 is 0. The van der Waals surface area contributed by atoms with Crippen molar-refractivity contribution in [2.45, 2.75) is 12.8 Å². The Hall–Kier alpha value is -2.55. The van der Waals surface area contributed by atoms with Crippen LogP contribution >= 0.6 is 0 Å². The van der Waals surface area contributed by atoms with Crippen molar-refractivity contribution in [3.63, 3.8) is 0 Å². The van der Waals surface area contributed by atoms with Gasteiger partial charge in [-0.1, -0.05) is 36.4 Å². The minimum Gasteiger partial charge on any atom is -0.497 e. The molecule has 2 aromatic rings. The molecule has 1 aliphatic rings. The lowest BCUT2D eigenvalue weighted by Gasteiger charge is -2.15. The number of hydrogen-bond acceptors (Lipinski definition) is 2. The van der Waals surface area contributed by atoms with E-state index in [2.05, 4.69) is 0 Å². The standard InChI is InChI=1S/C18H16O3/c1-11-14-9-8-13(21-2)10-15(14)17(16(11)18(19)20)12-6-4-3-5-7-12/h3-10,17H,1-2H3,(H,19,20). The van der Waals surface area contributed by atoms with Crippen molar-refractivity contribution in [3.8, 4) is 5.75 Å². The Morgan fingerprint density at radius 2 is 1.86 bits per heavy atom. The Morgan fingerprint density at radius 1 is 1.14 bits per heavy atom. The SMILES string of the molecule is COc1ccc2c(c1)C(c1ccccc1)C(C(=O)O)=C2C. The molecule has 1 aliphatic carbocycles. The molecule has 0 spiro atoms. The zero-order valence-electron chi connectivity index (χ0n) is 12.0. The number of carboxylic acid groups (broad SMARTS) is 1. The van der Waals surface area contributed by atoms with Gasteiger partial charge in [-0.3, -0.25) is 0 Å². The number of rotatable bonds is 3. The van der Waals surface area contributed by atoms with Gasteiger partial charge >= 0.3 is 5.97 Å². The summed E-state index contributed by atoms with van der Waals surface area (Å²) in [5.41, 5.74) is 4.25. The Kier molecular flexibility index (Phi) is 3.26. The van der Waals surface area contributed by atoms with Crippen LogP contribution in [0.1, 0.15) is 29.5 Å². The topological polar surface area (TPSA) is 46.5 Å². The molecule has 2 aromatic carbocycles. The number of carboxylic acids is 1. The summed E-state index contributed by atoms with van der Waals surface area (Å²) in [7, 11) is 1.62. The van der Waals surface area contributed by atoms with Gasteiger partial charge in [-0.25, -0.2) is 4.79 Å². The van der Waals surface area contributed by atoms with Gasteiger partial charge in [0, 0.05) is 5.92 Å². The molecule has 1 atom stereocenters. The van der Waals surface area contributed by atoms with Gasteiger partial charge in [-0.15, -0.1) is 0 Å². The minimum atomic E-state index is -0.864. The van der Waals surface area contributed by atoms with Crippen LogP contribution in [0.25, 0.3) is 5.57 Å². The van der Waals surface area contributed by atoms with Crippen molar-refractivity contribution in [1.82, 2.24) is 0 Å². The molecule has 0 bridgehead atoms. The average molecular weight is 280 g/mol. The predicted octanol–water partition coefficient (Wildman–Crippen LogP) is 3.70. The molecule has 3 nitrogen and oxygen atoms in total. The van der Waals surface area contributed by atoms with Crippen molar-refractivity contribution in [2.24, 2.45) is 0 Å². The number of benzene rings is 2. The van der Waals surface area contributed by atoms with Gasteiger partial charge in [0.25, 0.3) is 0 Å². The highest BCUT2D eigenvalue weighted by Gasteiger charge is 2.34. The van der Waals surface area contributed by atoms with Crippen molar-refractivity contribution in [1.29, 1.82) is 0 Å². The maximum absolute atomic E-state index is 11.7. The fraction of sp³-hybridized carbons (Fsp3) is 0.167. The van der Waals surface area contributed by atoms with E-state index < -0.39 is 5.97 Å². The van der Waals surface area contributed by atoms with E-state index in [1.165, 1.54) is 0 Å². The molecular formula is C18H16O3. The summed E-state index contributed by atoms with van der Waals surface area (Å²) in [6.07, 6.45) is 0. The minimum absolute atomic E-state index is 0.242. The van der Waals surface area contributed by atoms with Gasteiger partial charge in [0.15, 0.2) is 0 Å². The van der Waals surface area contributed by atoms with Gasteiger partial charge < -0.3 is 9.84 Å². The first-order chi connectivity index (χ1) is 10.1. The summed E-state index contributed by atoms with van der Waals surface area (Å²) in [6.45, 7) is 1.87. The molecule has 0 heterocycles. The van der Waals surface area contributed by atoms with Gasteiger partial charge in [0.05, 0.1) is 12.7 Å². The Balaban J connectivity index is 2.24. The predicted molar refractivity (Wildman–Crippen MR) is 81.5 cm³/mol. The van der Waals surface area contributed by atoms with E-state index in [0.717, 1.165) is 28.0 Å². The monoisotopic (exact) mass is 280 g/mol. The molecule has 3 heteroatoms. The van der Waals surface area contributed by atoms with Crippen LogP contribution in [0.15, 0.2) is 54.1 Å². The first kappa shape index (κ1) is 13.4. The van der Waals surface area contributed by atoms with Crippen LogP contribution in [0.4, 0.5) is 0 Å². The van der Waals surface area contributed by atoms with Crippen LogP contribution in [0, 0.1) is 0 Å². The van der Waals surface area contributed by atoms with Crippen molar-refractivity contribution in [2.75, 3.05) is 7.11 Å². The van der Waals surface area contributed by atoms with Crippen LogP contribution < -0.4 is 4.74 Å². The first-order valence-corrected chi connectivity index (χ1v) is 6.80. The molecule has 0 aliphatic heterocycles. The molecule has 1 N–H and O–H groups in total. The van der Waals surface area contributed by atoms with Crippen LogP contribution in [-0.2, 0) is 4.79 Å². The van der Waals surface area contributed by atoms with Crippen molar-refractivity contribution < 1.29 is 14.6 Å². The number of methoxy groups -OCH3 is 1. The molecule has 0 amide bonds. The highest BCUT2D eigenvalue weighted by molar-refractivity contribution is 6.02. The van der Waals surface area contributed by atoms with Gasteiger partial charge in [-0.05, 0) is 41.3 Å². The maximum atomic E-state index is 11.7. The Bertz CT molecular complexity index is 729. The summed E-state index contributed by atoms with van der Waals surface area (Å²) in [5.74, 6) is -0.362. The lowest BCUT2D eigenvalue weighted by atomic mass is 9.88. The number of hydrogen-bond donors (Lipinski definition) is 1. The van der Waals surface area contributed by atoms with Crippen molar-refractivity contribution >= 4 is 11.5 Å². The second kappa shape index (κ2) is 5.09. The van der Waals surface area contributed by atoms with Crippen LogP contribution in [0.5, 0.6) is 5.75 Å². The van der Waals surface area contributed by atoms with E-state index in [9.17, 15) is 9.90 Å². The molecule has 3 rings (SSSR count). The summed E-state index contributed by atoms with van der Waals surface area (Å²) in [6, 6.07) is 15.5. The molecule has 0 aromatic heterocycles. The Morgan fingerprint density at radius 3 is 2.48 bits per heavy atom. The largest absolute Gasteiger partial charge is 0.497 e. The van der Waals surface area contributed by atoms with E-state index in [1.54, 1.807) is 7.11 Å². The smallest absolute Gasteiger partial charge is 0.332 e. The molecule has 0 radical (unpaired) electrons. The van der Waals surface area contributed by atoms with E-state index >= 15 is 0 Å². The number of carbonyl (C=O) groups is 1. The molecule has 0 saturated heterocycles. The third-order valence-corrected chi connectivity index (χ3v) is 4.03. The highest BCUT2D eigenvalue weighted by atomic mass is 16.5. The van der Waals surface area contributed by atoms with Crippen molar-refractivity contribution in [3.05, 3.63) is 70.8 Å². The van der Waals surface area contributed by atoms with E-state index in [0.29, 0.717) is 5.57 Å². The lowest BCUT2D eigenvalue weighted by molar-refractivity contribution is -0.132. The second-order valence-corrected chi connectivity index (χ2v) is 5.14. The number of ether oxygens (including phenoxy) is 1. The summed E-state index contributed by atoms with van der Waals surface area (Å²) < 4.78 is 5.29. The first-order valence-electron chi connectivity index (χ1n) is 6.80. The molecular weight excluding hydrogens is 264 g/mol. The molecule has 0 saturated carbocycles. The molecule has 21 heavy (non-hydrogen) atoms. The zero-order valence-corrected chi connectivity index (χ0v) is 12.0. The molecule has 106 valence electrons. The van der Waals surface area contributed by atoms with Crippen LogP contribution in [-0.4, -0.2) is 18.2 Å². The third kappa shape index (κ3) is 2.11. The molecule has 1 unspecified atom stereocenters. The third-order valence-electron chi connectivity index (χ3n) is 4.03. The van der Waals surface area contributed by atoms with E-state index in [4.69, 9.17) is 4.74 Å². The van der Waals surface area contributed by atoms with Gasteiger partial charge in [0.1, 0.15) is 5.75 Å². The van der Waals surface area contributed by atoms with Gasteiger partial charge in [-0.2, -0.15) is 0 Å². The van der Waals surface area contributed by atoms with Gasteiger partial charge in [0.2, 0.25) is 0 Å². The maximum Gasteiger partial charge on any atom is 0.332 e. The zero-order chi connectivity index (χ0) is 15.0. The normalized spacial score (nSPS) is 16.8. The summed E-state index contributed by atoms with van der Waals surface area (Å²) in [4.78, 5) is 11.7. The van der Waals surface area contributed by atoms with E-state index in [-0.39, 0.29) is 5.92 Å². The lowest BCUT2D eigenvalue weighted by Crippen LogP contribution is -2.09. The number of fused-ring (bicyclic) bond motifs is 1. The van der Waals surface area contributed by atoms with Crippen LogP contribution in [0.2, 0.25) is 0 Å². The summed E-state index contributed by atoms with van der Waals surface area (Å²) in [5, 5.41) is 9.62. The van der Waals surface area contributed by atoms with Crippen LogP contribution in [0.3, 0.4) is 0 Å². The Labute approximate surface area is 123 Å². The molecule has 0 fully saturated rings. The van der Waals surface area contributed by atoms with E-state index in [1.807, 2.05) is 55.5 Å². The average Bonchev–Trinajstić information content (AvgIpc) is 2.80. The number of allylic oxidation sites excluding steroid dienone is 1.